The Morgan fingerprint density at radius 2 is 1.70 bits per heavy atom. The maximum Gasteiger partial charge on any atom is 0.267 e. The highest BCUT2D eigenvalue weighted by Gasteiger charge is 2.51. The van der Waals surface area contributed by atoms with Gasteiger partial charge in [0.15, 0.2) is 0 Å². The monoisotopic (exact) mass is 461 g/mol. The van der Waals surface area contributed by atoms with Crippen LogP contribution in [0.15, 0.2) is 60.7 Å². The Morgan fingerprint density at radius 3 is 2.30 bits per heavy atom. The standard InChI is InChI=1S/C25H27N5O2S/c1-18-22(33-28-27-18)24(32)29-14-12-25(13-15-29)26-21(16-19-8-4-2-5-9-19)23(31)30(25)17-20-10-6-3-7-11-20/h2-11,21,26H,12-17H2,1H3. The minimum Gasteiger partial charge on any atom is -0.338 e. The van der Waals surface area contributed by atoms with Crippen LogP contribution in [0.1, 0.15) is 39.3 Å². The smallest absolute Gasteiger partial charge is 0.267 e. The number of carbonyl (C=O) groups excluding carboxylic acids is 2. The summed E-state index contributed by atoms with van der Waals surface area (Å²) in [7, 11) is 0. The Labute approximate surface area is 197 Å². The van der Waals surface area contributed by atoms with Gasteiger partial charge in [-0.05, 0) is 36.0 Å². The molecule has 3 aromatic rings. The van der Waals surface area contributed by atoms with E-state index in [1.807, 2.05) is 53.1 Å². The normalized spacial score (nSPS) is 19.9. The first-order chi connectivity index (χ1) is 16.1. The predicted molar refractivity (Wildman–Crippen MR) is 127 cm³/mol. The summed E-state index contributed by atoms with van der Waals surface area (Å²) in [5.74, 6) is 0.113. The molecule has 0 aliphatic carbocycles. The van der Waals surface area contributed by atoms with Crippen molar-refractivity contribution in [3.63, 3.8) is 0 Å². The quantitative estimate of drug-likeness (QED) is 0.632. The van der Waals surface area contributed by atoms with E-state index in [0.717, 1.165) is 22.7 Å². The van der Waals surface area contributed by atoms with E-state index in [9.17, 15) is 9.59 Å². The van der Waals surface area contributed by atoms with Crippen molar-refractivity contribution in [1.82, 2.24) is 24.7 Å². The molecule has 5 rings (SSSR count). The third-order valence-electron chi connectivity index (χ3n) is 6.71. The minimum atomic E-state index is -0.454. The number of nitrogens with zero attached hydrogens (tertiary/aromatic N) is 4. The zero-order valence-electron chi connectivity index (χ0n) is 18.6. The van der Waals surface area contributed by atoms with Gasteiger partial charge in [-0.25, -0.2) is 0 Å². The van der Waals surface area contributed by atoms with Gasteiger partial charge in [-0.3, -0.25) is 14.9 Å². The second-order valence-corrected chi connectivity index (χ2v) is 9.56. The Kier molecular flexibility index (Phi) is 5.95. The van der Waals surface area contributed by atoms with Crippen LogP contribution < -0.4 is 5.32 Å². The number of carbonyl (C=O) groups is 2. The SMILES string of the molecule is Cc1nnsc1C(=O)N1CCC2(CC1)NC(Cc1ccccc1)C(=O)N2Cc1ccccc1. The summed E-state index contributed by atoms with van der Waals surface area (Å²) >= 11 is 1.15. The summed E-state index contributed by atoms with van der Waals surface area (Å²) in [5.41, 5.74) is 2.47. The molecular formula is C25H27N5O2S. The lowest BCUT2D eigenvalue weighted by Crippen LogP contribution is -2.59. The molecule has 0 bridgehead atoms. The Hall–Kier alpha value is -3.10. The molecule has 8 heteroatoms. The summed E-state index contributed by atoms with van der Waals surface area (Å²) in [6.45, 7) is 3.54. The second kappa shape index (κ2) is 9.03. The van der Waals surface area contributed by atoms with E-state index >= 15 is 0 Å². The predicted octanol–water partition coefficient (Wildman–Crippen LogP) is 3.02. The number of benzene rings is 2. The van der Waals surface area contributed by atoms with E-state index in [0.29, 0.717) is 49.5 Å². The number of piperidine rings is 1. The molecule has 33 heavy (non-hydrogen) atoms. The van der Waals surface area contributed by atoms with Crippen molar-refractivity contribution in [1.29, 1.82) is 0 Å². The molecule has 7 nitrogen and oxygen atoms in total. The molecular weight excluding hydrogens is 434 g/mol. The second-order valence-electron chi connectivity index (χ2n) is 8.81. The Morgan fingerprint density at radius 1 is 1.06 bits per heavy atom. The first kappa shape index (κ1) is 21.7. The lowest BCUT2D eigenvalue weighted by atomic mass is 9.95. The highest BCUT2D eigenvalue weighted by atomic mass is 32.1. The summed E-state index contributed by atoms with van der Waals surface area (Å²) in [6, 6.07) is 20.0. The number of aryl methyl sites for hydroxylation is 1. The summed E-state index contributed by atoms with van der Waals surface area (Å²) in [5, 5.41) is 7.67. The first-order valence-corrected chi connectivity index (χ1v) is 12.1. The molecule has 2 aromatic carbocycles. The zero-order valence-corrected chi connectivity index (χ0v) is 19.4. The van der Waals surface area contributed by atoms with Crippen LogP contribution >= 0.6 is 11.5 Å². The van der Waals surface area contributed by atoms with Crippen LogP contribution in [-0.4, -0.2) is 56.0 Å². The molecule has 2 aliphatic rings. The van der Waals surface area contributed by atoms with E-state index in [1.54, 1.807) is 0 Å². The third kappa shape index (κ3) is 4.28. The number of nitrogens with one attached hydrogen (secondary N) is 1. The maximum atomic E-state index is 13.6. The fourth-order valence-corrected chi connectivity index (χ4v) is 5.54. The molecule has 1 aromatic heterocycles. The number of aromatic nitrogens is 2. The van der Waals surface area contributed by atoms with Gasteiger partial charge in [-0.15, -0.1) is 5.10 Å². The van der Waals surface area contributed by atoms with E-state index < -0.39 is 5.66 Å². The molecule has 1 atom stereocenters. The van der Waals surface area contributed by atoms with Gasteiger partial charge in [0.2, 0.25) is 5.91 Å². The van der Waals surface area contributed by atoms with Crippen molar-refractivity contribution >= 4 is 23.3 Å². The number of likely N-dealkylation sites (tertiary alicyclic amines) is 1. The van der Waals surface area contributed by atoms with Gasteiger partial charge in [0.25, 0.3) is 5.91 Å². The van der Waals surface area contributed by atoms with E-state index in [-0.39, 0.29) is 17.9 Å². The fraction of sp³-hybridized carbons (Fsp3) is 0.360. The molecule has 3 heterocycles. The van der Waals surface area contributed by atoms with Gasteiger partial charge in [0.05, 0.1) is 17.4 Å². The van der Waals surface area contributed by atoms with Crippen LogP contribution in [0.5, 0.6) is 0 Å². The van der Waals surface area contributed by atoms with E-state index in [4.69, 9.17) is 0 Å². The first-order valence-electron chi connectivity index (χ1n) is 11.3. The summed E-state index contributed by atoms with van der Waals surface area (Å²) < 4.78 is 3.91. The van der Waals surface area contributed by atoms with Crippen LogP contribution in [0, 0.1) is 6.92 Å². The number of hydrogen-bond donors (Lipinski definition) is 1. The van der Waals surface area contributed by atoms with Crippen LogP contribution in [0.25, 0.3) is 0 Å². The lowest BCUT2D eigenvalue weighted by molar-refractivity contribution is -0.134. The topological polar surface area (TPSA) is 78.4 Å². The lowest BCUT2D eigenvalue weighted by Gasteiger charge is -2.44. The number of hydrogen-bond acceptors (Lipinski definition) is 6. The number of amides is 2. The van der Waals surface area contributed by atoms with Crippen molar-refractivity contribution in [3.05, 3.63) is 82.4 Å². The van der Waals surface area contributed by atoms with Gasteiger partial charge < -0.3 is 9.80 Å². The van der Waals surface area contributed by atoms with Crippen LogP contribution in [-0.2, 0) is 17.8 Å². The molecule has 0 radical (unpaired) electrons. The average molecular weight is 462 g/mol. The highest BCUT2D eigenvalue weighted by molar-refractivity contribution is 7.07. The largest absolute Gasteiger partial charge is 0.338 e. The average Bonchev–Trinajstić information content (AvgIpc) is 3.38. The van der Waals surface area contributed by atoms with Crippen molar-refractivity contribution in [2.75, 3.05) is 13.1 Å². The van der Waals surface area contributed by atoms with E-state index in [2.05, 4.69) is 39.2 Å². The zero-order chi connectivity index (χ0) is 22.8. The highest BCUT2D eigenvalue weighted by Crippen LogP contribution is 2.35. The van der Waals surface area contributed by atoms with Crippen molar-refractivity contribution < 1.29 is 9.59 Å². The van der Waals surface area contributed by atoms with Crippen molar-refractivity contribution in [2.45, 2.75) is 44.4 Å². The van der Waals surface area contributed by atoms with Gasteiger partial charge >= 0.3 is 0 Å². The van der Waals surface area contributed by atoms with Gasteiger partial charge in [-0.2, -0.15) is 0 Å². The van der Waals surface area contributed by atoms with Crippen LogP contribution in [0.3, 0.4) is 0 Å². The van der Waals surface area contributed by atoms with Crippen LogP contribution in [0.4, 0.5) is 0 Å². The fourth-order valence-electron chi connectivity index (χ4n) is 4.91. The maximum absolute atomic E-state index is 13.6. The molecule has 1 N–H and O–H groups in total. The van der Waals surface area contributed by atoms with Gasteiger partial charge in [0.1, 0.15) is 4.88 Å². The molecule has 0 saturated carbocycles. The van der Waals surface area contributed by atoms with Gasteiger partial charge in [-0.1, -0.05) is 65.2 Å². The van der Waals surface area contributed by atoms with Crippen LogP contribution in [0.2, 0.25) is 0 Å². The van der Waals surface area contributed by atoms with E-state index in [1.165, 1.54) is 0 Å². The molecule has 2 fully saturated rings. The molecule has 1 unspecified atom stereocenters. The number of rotatable bonds is 5. The summed E-state index contributed by atoms with van der Waals surface area (Å²) in [4.78, 5) is 31.1. The van der Waals surface area contributed by atoms with Crippen molar-refractivity contribution in [3.8, 4) is 0 Å². The molecule has 170 valence electrons. The Balaban J connectivity index is 1.37. The molecule has 2 amide bonds. The minimum absolute atomic E-state index is 0.0166. The summed E-state index contributed by atoms with van der Waals surface area (Å²) in [6.07, 6.45) is 2.03. The molecule has 2 aliphatic heterocycles. The van der Waals surface area contributed by atoms with Crippen molar-refractivity contribution in [2.24, 2.45) is 0 Å². The van der Waals surface area contributed by atoms with Gasteiger partial charge in [0, 0.05) is 32.5 Å². The third-order valence-corrected chi connectivity index (χ3v) is 7.53. The Bertz CT molecular complexity index is 1130. The molecule has 2 saturated heterocycles. The molecule has 1 spiro atoms.